The van der Waals surface area contributed by atoms with E-state index in [9.17, 15) is 0 Å². The quantitative estimate of drug-likeness (QED) is 0.479. The number of hydrogen-bond acceptors (Lipinski definition) is 3. The highest BCUT2D eigenvalue weighted by Crippen LogP contribution is 2.30. The van der Waals surface area contributed by atoms with Crippen molar-refractivity contribution in [3.05, 3.63) is 57.0 Å². The van der Waals surface area contributed by atoms with Crippen molar-refractivity contribution in [1.29, 1.82) is 0 Å². The van der Waals surface area contributed by atoms with Crippen LogP contribution >= 0.6 is 31.9 Å². The first kappa shape index (κ1) is 16.4. The van der Waals surface area contributed by atoms with Gasteiger partial charge < -0.3 is 4.42 Å². The molecule has 0 fully saturated rings. The maximum Gasteiger partial charge on any atom is 0.248 e. The fourth-order valence-electron chi connectivity index (χ4n) is 2.25. The van der Waals surface area contributed by atoms with Crippen LogP contribution in [0.25, 0.3) is 22.9 Å². The maximum atomic E-state index is 5.83. The molecule has 0 atom stereocenters. The number of hydrogen-bond donors (Lipinski definition) is 0. The van der Waals surface area contributed by atoms with E-state index in [-0.39, 0.29) is 5.41 Å². The third-order valence-electron chi connectivity index (χ3n) is 3.53. The molecule has 118 valence electrons. The van der Waals surface area contributed by atoms with E-state index in [0.29, 0.717) is 11.8 Å². The molecule has 5 heteroatoms. The molecule has 0 unspecified atom stereocenters. The molecule has 0 amide bonds. The first-order valence-corrected chi connectivity index (χ1v) is 8.82. The lowest BCUT2D eigenvalue weighted by molar-refractivity contribution is 0.582. The van der Waals surface area contributed by atoms with E-state index in [1.165, 1.54) is 5.56 Å². The van der Waals surface area contributed by atoms with Crippen molar-refractivity contribution in [2.45, 2.75) is 26.2 Å². The van der Waals surface area contributed by atoms with Crippen molar-refractivity contribution in [3.63, 3.8) is 0 Å². The maximum absolute atomic E-state index is 5.83. The molecule has 0 N–H and O–H groups in total. The summed E-state index contributed by atoms with van der Waals surface area (Å²) in [6.45, 7) is 6.58. The number of halogens is 2. The number of benzene rings is 2. The predicted molar refractivity (Wildman–Crippen MR) is 99.3 cm³/mol. The molecular formula is C18H16Br2N2O. The van der Waals surface area contributed by atoms with Gasteiger partial charge in [-0.25, -0.2) is 0 Å². The highest BCUT2D eigenvalue weighted by molar-refractivity contribution is 9.11. The molecule has 0 bridgehead atoms. The standard InChI is InChI=1S/C18H16Br2N2O/c1-18(2,3)13-6-4-11(5-7-13)16-21-22-17(23-16)12-8-14(19)10-15(20)9-12/h4-10H,1-3H3. The zero-order valence-electron chi connectivity index (χ0n) is 13.1. The number of rotatable bonds is 2. The van der Waals surface area contributed by atoms with Gasteiger partial charge in [0.15, 0.2) is 0 Å². The van der Waals surface area contributed by atoms with Crippen LogP contribution < -0.4 is 0 Å². The highest BCUT2D eigenvalue weighted by Gasteiger charge is 2.15. The molecule has 3 rings (SSSR count). The van der Waals surface area contributed by atoms with Gasteiger partial charge in [0, 0.05) is 20.1 Å². The summed E-state index contributed by atoms with van der Waals surface area (Å²) in [7, 11) is 0. The summed E-state index contributed by atoms with van der Waals surface area (Å²) in [5, 5.41) is 8.32. The second kappa shape index (κ2) is 6.21. The SMILES string of the molecule is CC(C)(C)c1ccc(-c2nnc(-c3cc(Br)cc(Br)c3)o2)cc1. The number of aromatic nitrogens is 2. The predicted octanol–water partition coefficient (Wildman–Crippen LogP) is 6.23. The summed E-state index contributed by atoms with van der Waals surface area (Å²) in [6.07, 6.45) is 0. The highest BCUT2D eigenvalue weighted by atomic mass is 79.9. The summed E-state index contributed by atoms with van der Waals surface area (Å²) in [6, 6.07) is 14.1. The van der Waals surface area contributed by atoms with E-state index in [4.69, 9.17) is 4.42 Å². The Morgan fingerprint density at radius 1 is 0.783 bits per heavy atom. The Morgan fingerprint density at radius 3 is 1.83 bits per heavy atom. The van der Waals surface area contributed by atoms with Crippen LogP contribution in [-0.4, -0.2) is 10.2 Å². The second-order valence-corrected chi connectivity index (χ2v) is 8.23. The van der Waals surface area contributed by atoms with Crippen LogP contribution in [-0.2, 0) is 5.41 Å². The second-order valence-electron chi connectivity index (χ2n) is 6.40. The molecule has 3 nitrogen and oxygen atoms in total. The third kappa shape index (κ3) is 3.72. The van der Waals surface area contributed by atoms with Gasteiger partial charge in [-0.1, -0.05) is 64.8 Å². The zero-order valence-corrected chi connectivity index (χ0v) is 16.3. The molecule has 3 aromatic rings. The normalized spacial score (nSPS) is 11.7. The summed E-state index contributed by atoms with van der Waals surface area (Å²) in [4.78, 5) is 0. The fraction of sp³-hybridized carbons (Fsp3) is 0.222. The summed E-state index contributed by atoms with van der Waals surface area (Å²) in [5.41, 5.74) is 3.19. The van der Waals surface area contributed by atoms with Crippen LogP contribution in [0.5, 0.6) is 0 Å². The van der Waals surface area contributed by atoms with Gasteiger partial charge in [-0.15, -0.1) is 10.2 Å². The summed E-state index contributed by atoms with van der Waals surface area (Å²) < 4.78 is 7.74. The lowest BCUT2D eigenvalue weighted by Gasteiger charge is -2.18. The van der Waals surface area contributed by atoms with E-state index in [0.717, 1.165) is 20.1 Å². The van der Waals surface area contributed by atoms with Gasteiger partial charge in [0.25, 0.3) is 0 Å². The minimum atomic E-state index is 0.126. The van der Waals surface area contributed by atoms with Crippen LogP contribution in [0, 0.1) is 0 Å². The first-order valence-electron chi connectivity index (χ1n) is 7.24. The molecule has 2 aromatic carbocycles. The Bertz CT molecular complexity index is 813. The molecule has 23 heavy (non-hydrogen) atoms. The minimum Gasteiger partial charge on any atom is -0.416 e. The molecular weight excluding hydrogens is 420 g/mol. The fourth-order valence-corrected chi connectivity index (χ4v) is 3.54. The monoisotopic (exact) mass is 434 g/mol. The van der Waals surface area contributed by atoms with Gasteiger partial charge in [-0.2, -0.15) is 0 Å². The van der Waals surface area contributed by atoms with E-state index >= 15 is 0 Å². The molecule has 0 saturated carbocycles. The Hall–Kier alpha value is -1.46. The smallest absolute Gasteiger partial charge is 0.248 e. The molecule has 1 aromatic heterocycles. The molecule has 0 radical (unpaired) electrons. The minimum absolute atomic E-state index is 0.126. The van der Waals surface area contributed by atoms with Crippen LogP contribution in [0.4, 0.5) is 0 Å². The van der Waals surface area contributed by atoms with Crippen molar-refractivity contribution in [1.82, 2.24) is 10.2 Å². The summed E-state index contributed by atoms with van der Waals surface area (Å²) >= 11 is 6.94. The molecule has 0 aliphatic carbocycles. The average Bonchev–Trinajstić information content (AvgIpc) is 2.95. The Labute approximate surface area is 152 Å². The average molecular weight is 436 g/mol. The lowest BCUT2D eigenvalue weighted by atomic mass is 9.87. The van der Waals surface area contributed by atoms with Crippen LogP contribution in [0.3, 0.4) is 0 Å². The van der Waals surface area contributed by atoms with Gasteiger partial charge in [-0.3, -0.25) is 0 Å². The van der Waals surface area contributed by atoms with Gasteiger partial charge in [0.05, 0.1) is 0 Å². The largest absolute Gasteiger partial charge is 0.416 e. The van der Waals surface area contributed by atoms with Gasteiger partial charge in [0.1, 0.15) is 0 Å². The molecule has 0 aliphatic rings. The Balaban J connectivity index is 1.92. The molecule has 0 spiro atoms. The van der Waals surface area contributed by atoms with Gasteiger partial charge in [-0.05, 0) is 41.3 Å². The molecule has 1 heterocycles. The van der Waals surface area contributed by atoms with E-state index in [1.807, 2.05) is 30.3 Å². The molecule has 0 aliphatic heterocycles. The number of nitrogens with zero attached hydrogens (tertiary/aromatic N) is 2. The van der Waals surface area contributed by atoms with E-state index in [2.05, 4.69) is 75.0 Å². The Morgan fingerprint density at radius 2 is 1.30 bits per heavy atom. The third-order valence-corrected chi connectivity index (χ3v) is 4.45. The van der Waals surface area contributed by atoms with Crippen molar-refractivity contribution < 1.29 is 4.42 Å². The van der Waals surface area contributed by atoms with Crippen molar-refractivity contribution in [3.8, 4) is 22.9 Å². The van der Waals surface area contributed by atoms with Crippen molar-refractivity contribution >= 4 is 31.9 Å². The van der Waals surface area contributed by atoms with Crippen molar-refractivity contribution in [2.24, 2.45) is 0 Å². The van der Waals surface area contributed by atoms with Gasteiger partial charge in [0.2, 0.25) is 11.8 Å². The van der Waals surface area contributed by atoms with Crippen LogP contribution in [0.15, 0.2) is 55.8 Å². The molecule has 0 saturated heterocycles. The Kier molecular flexibility index (Phi) is 4.43. The zero-order chi connectivity index (χ0) is 16.6. The van der Waals surface area contributed by atoms with E-state index in [1.54, 1.807) is 0 Å². The lowest BCUT2D eigenvalue weighted by Crippen LogP contribution is -2.10. The summed E-state index contributed by atoms with van der Waals surface area (Å²) in [5.74, 6) is 1.03. The van der Waals surface area contributed by atoms with Crippen molar-refractivity contribution in [2.75, 3.05) is 0 Å². The van der Waals surface area contributed by atoms with E-state index < -0.39 is 0 Å². The topological polar surface area (TPSA) is 38.9 Å². The van der Waals surface area contributed by atoms with Gasteiger partial charge >= 0.3 is 0 Å². The van der Waals surface area contributed by atoms with Crippen LogP contribution in [0.2, 0.25) is 0 Å². The van der Waals surface area contributed by atoms with Crippen LogP contribution in [0.1, 0.15) is 26.3 Å². The first-order chi connectivity index (χ1) is 10.8.